The van der Waals surface area contributed by atoms with E-state index in [9.17, 15) is 0 Å². The van der Waals surface area contributed by atoms with Crippen LogP contribution in [0.15, 0.2) is 65.1 Å². The molecule has 4 rings (SSSR count). The molecule has 0 N–H and O–H groups in total. The SMILES string of the molecule is Cc1ccc(C)c(CSc2nnc(-c3cccs3)n2-c2ccc(Cl)cc2)c1. The van der Waals surface area contributed by atoms with Crippen molar-refractivity contribution in [3.63, 3.8) is 0 Å². The Balaban J connectivity index is 1.72. The normalized spacial score (nSPS) is 11.1. The lowest BCUT2D eigenvalue weighted by Gasteiger charge is -2.11. The number of hydrogen-bond donors (Lipinski definition) is 0. The van der Waals surface area contributed by atoms with Crippen LogP contribution in [0.1, 0.15) is 16.7 Å². The van der Waals surface area contributed by atoms with E-state index in [-0.39, 0.29) is 0 Å². The number of hydrogen-bond acceptors (Lipinski definition) is 4. The molecular formula is C21H18ClN3S2. The van der Waals surface area contributed by atoms with E-state index in [1.807, 2.05) is 30.3 Å². The molecule has 0 fully saturated rings. The van der Waals surface area contributed by atoms with E-state index < -0.39 is 0 Å². The second kappa shape index (κ2) is 7.89. The van der Waals surface area contributed by atoms with Gasteiger partial charge in [0.25, 0.3) is 0 Å². The molecule has 0 radical (unpaired) electrons. The van der Waals surface area contributed by atoms with Crippen molar-refractivity contribution < 1.29 is 0 Å². The van der Waals surface area contributed by atoms with Crippen molar-refractivity contribution in [2.45, 2.75) is 24.8 Å². The molecule has 0 unspecified atom stereocenters. The van der Waals surface area contributed by atoms with Gasteiger partial charge in [-0.05, 0) is 60.7 Å². The number of rotatable bonds is 5. The molecule has 0 aliphatic carbocycles. The van der Waals surface area contributed by atoms with Gasteiger partial charge in [0.15, 0.2) is 11.0 Å². The first-order valence-corrected chi connectivity index (χ1v) is 10.8. The molecule has 0 aliphatic heterocycles. The zero-order chi connectivity index (χ0) is 18.8. The zero-order valence-corrected chi connectivity index (χ0v) is 17.4. The first-order valence-electron chi connectivity index (χ1n) is 8.56. The van der Waals surface area contributed by atoms with Gasteiger partial charge in [0, 0.05) is 16.5 Å². The van der Waals surface area contributed by atoms with E-state index in [0.29, 0.717) is 5.02 Å². The summed E-state index contributed by atoms with van der Waals surface area (Å²) in [6.45, 7) is 4.27. The number of thioether (sulfide) groups is 1. The van der Waals surface area contributed by atoms with E-state index >= 15 is 0 Å². The Bertz CT molecular complexity index is 1050. The van der Waals surface area contributed by atoms with Crippen LogP contribution in [0.4, 0.5) is 0 Å². The topological polar surface area (TPSA) is 30.7 Å². The van der Waals surface area contributed by atoms with E-state index in [1.165, 1.54) is 16.7 Å². The van der Waals surface area contributed by atoms with E-state index in [2.05, 4.69) is 58.3 Å². The van der Waals surface area contributed by atoms with E-state index in [0.717, 1.165) is 27.3 Å². The summed E-state index contributed by atoms with van der Waals surface area (Å²) in [5.41, 5.74) is 4.90. The average Bonchev–Trinajstić information content (AvgIpc) is 3.32. The molecule has 0 saturated carbocycles. The van der Waals surface area contributed by atoms with Crippen molar-refractivity contribution in [1.29, 1.82) is 0 Å². The third kappa shape index (κ3) is 3.95. The molecule has 0 bridgehead atoms. The minimum Gasteiger partial charge on any atom is -0.269 e. The van der Waals surface area contributed by atoms with Gasteiger partial charge in [-0.3, -0.25) is 4.57 Å². The minimum atomic E-state index is 0.717. The van der Waals surface area contributed by atoms with Crippen molar-refractivity contribution in [3.05, 3.63) is 81.7 Å². The number of halogens is 1. The first kappa shape index (κ1) is 18.3. The highest BCUT2D eigenvalue weighted by Gasteiger charge is 2.17. The molecule has 2 aromatic heterocycles. The molecule has 136 valence electrons. The summed E-state index contributed by atoms with van der Waals surface area (Å²) in [4.78, 5) is 1.09. The highest BCUT2D eigenvalue weighted by molar-refractivity contribution is 7.98. The summed E-state index contributed by atoms with van der Waals surface area (Å²) in [7, 11) is 0. The molecule has 6 heteroatoms. The Morgan fingerprint density at radius 1 is 1.04 bits per heavy atom. The molecule has 0 atom stereocenters. The number of aromatic nitrogens is 3. The van der Waals surface area contributed by atoms with Gasteiger partial charge in [0.05, 0.1) is 4.88 Å². The van der Waals surface area contributed by atoms with Crippen LogP contribution in [0, 0.1) is 13.8 Å². The van der Waals surface area contributed by atoms with Crippen molar-refractivity contribution in [3.8, 4) is 16.4 Å². The van der Waals surface area contributed by atoms with Gasteiger partial charge in [0.1, 0.15) is 0 Å². The average molecular weight is 412 g/mol. The van der Waals surface area contributed by atoms with Crippen LogP contribution in [-0.2, 0) is 5.75 Å². The first-order chi connectivity index (χ1) is 13.1. The van der Waals surface area contributed by atoms with Gasteiger partial charge in [-0.25, -0.2) is 0 Å². The zero-order valence-electron chi connectivity index (χ0n) is 15.0. The fraction of sp³-hybridized carbons (Fsp3) is 0.143. The van der Waals surface area contributed by atoms with Gasteiger partial charge >= 0.3 is 0 Å². The van der Waals surface area contributed by atoms with Crippen molar-refractivity contribution in [2.24, 2.45) is 0 Å². The van der Waals surface area contributed by atoms with E-state index in [4.69, 9.17) is 11.6 Å². The Morgan fingerprint density at radius 2 is 1.85 bits per heavy atom. The second-order valence-corrected chi connectivity index (χ2v) is 8.64. The number of aryl methyl sites for hydroxylation is 2. The maximum absolute atomic E-state index is 6.08. The summed E-state index contributed by atoms with van der Waals surface area (Å²) in [6, 6.07) is 18.5. The lowest BCUT2D eigenvalue weighted by molar-refractivity contribution is 0.886. The Morgan fingerprint density at radius 3 is 2.59 bits per heavy atom. The summed E-state index contributed by atoms with van der Waals surface area (Å²) in [6.07, 6.45) is 0. The van der Waals surface area contributed by atoms with Crippen LogP contribution in [0.3, 0.4) is 0 Å². The predicted molar refractivity (Wildman–Crippen MR) is 115 cm³/mol. The van der Waals surface area contributed by atoms with Crippen LogP contribution in [0.25, 0.3) is 16.4 Å². The maximum Gasteiger partial charge on any atom is 0.196 e. The number of benzene rings is 2. The quantitative estimate of drug-likeness (QED) is 0.348. The fourth-order valence-electron chi connectivity index (χ4n) is 2.85. The molecule has 0 saturated heterocycles. The van der Waals surface area contributed by atoms with Crippen LogP contribution < -0.4 is 0 Å². The third-order valence-electron chi connectivity index (χ3n) is 4.32. The van der Waals surface area contributed by atoms with Crippen LogP contribution in [-0.4, -0.2) is 14.8 Å². The minimum absolute atomic E-state index is 0.717. The lowest BCUT2D eigenvalue weighted by atomic mass is 10.1. The highest BCUT2D eigenvalue weighted by Crippen LogP contribution is 2.32. The molecule has 2 aromatic carbocycles. The standard InChI is InChI=1S/C21H18ClN3S2/c1-14-5-6-15(2)16(12-14)13-27-21-24-23-20(19-4-3-11-26-19)25(21)18-9-7-17(22)8-10-18/h3-12H,13H2,1-2H3. The third-order valence-corrected chi connectivity index (χ3v) is 6.42. The summed E-state index contributed by atoms with van der Waals surface area (Å²) in [5, 5.41) is 12.6. The highest BCUT2D eigenvalue weighted by atomic mass is 35.5. The summed E-state index contributed by atoms with van der Waals surface area (Å²) < 4.78 is 2.11. The van der Waals surface area contributed by atoms with Gasteiger partial charge in [-0.2, -0.15) is 0 Å². The monoisotopic (exact) mass is 411 g/mol. The molecular weight excluding hydrogens is 394 g/mol. The van der Waals surface area contributed by atoms with Gasteiger partial charge in [0.2, 0.25) is 0 Å². The van der Waals surface area contributed by atoms with E-state index in [1.54, 1.807) is 23.1 Å². The molecule has 4 aromatic rings. The Hall–Kier alpha value is -2.08. The lowest BCUT2D eigenvalue weighted by Crippen LogP contribution is -1.99. The number of thiophene rings is 1. The van der Waals surface area contributed by atoms with Crippen LogP contribution in [0.2, 0.25) is 5.02 Å². The molecule has 2 heterocycles. The second-order valence-electron chi connectivity index (χ2n) is 6.31. The molecule has 0 aliphatic rings. The molecule has 0 amide bonds. The Labute approximate surface area is 172 Å². The molecule has 27 heavy (non-hydrogen) atoms. The summed E-state index contributed by atoms with van der Waals surface area (Å²) in [5.74, 6) is 1.71. The number of nitrogens with zero attached hydrogens (tertiary/aromatic N) is 3. The smallest absolute Gasteiger partial charge is 0.196 e. The van der Waals surface area contributed by atoms with Crippen molar-refractivity contribution >= 4 is 34.7 Å². The maximum atomic E-state index is 6.08. The van der Waals surface area contributed by atoms with Crippen molar-refractivity contribution in [2.75, 3.05) is 0 Å². The van der Waals surface area contributed by atoms with Crippen LogP contribution in [0.5, 0.6) is 0 Å². The van der Waals surface area contributed by atoms with Gasteiger partial charge < -0.3 is 0 Å². The summed E-state index contributed by atoms with van der Waals surface area (Å²) >= 11 is 9.44. The molecule has 0 spiro atoms. The molecule has 3 nitrogen and oxygen atoms in total. The largest absolute Gasteiger partial charge is 0.269 e. The van der Waals surface area contributed by atoms with Gasteiger partial charge in [-0.15, -0.1) is 21.5 Å². The van der Waals surface area contributed by atoms with Crippen LogP contribution >= 0.6 is 34.7 Å². The predicted octanol–water partition coefficient (Wildman–Crippen LogP) is 6.56. The Kier molecular flexibility index (Phi) is 5.34. The fourth-order valence-corrected chi connectivity index (χ4v) is 4.69. The van der Waals surface area contributed by atoms with Gasteiger partial charge in [-0.1, -0.05) is 53.2 Å². The van der Waals surface area contributed by atoms with Crippen molar-refractivity contribution in [1.82, 2.24) is 14.8 Å².